The summed E-state index contributed by atoms with van der Waals surface area (Å²) in [5, 5.41) is 1.92. The lowest BCUT2D eigenvalue weighted by Crippen LogP contribution is -2.05. The van der Waals surface area contributed by atoms with Crippen LogP contribution in [-0.2, 0) is 9.13 Å². The van der Waals surface area contributed by atoms with E-state index in [0.29, 0.717) is 38.2 Å². The van der Waals surface area contributed by atoms with E-state index in [1.165, 1.54) is 12.1 Å². The highest BCUT2D eigenvalue weighted by Gasteiger charge is 2.42. The summed E-state index contributed by atoms with van der Waals surface area (Å²) in [5.74, 6) is -12.1. The number of para-hydroxylation sites is 2. The molecule has 68 heavy (non-hydrogen) atoms. The van der Waals surface area contributed by atoms with E-state index in [-0.39, 0.29) is 57.3 Å². The number of phosphoric ester groups is 2. The van der Waals surface area contributed by atoms with Gasteiger partial charge >= 0.3 is 15.6 Å². The fraction of sp³-hybridized carbons (Fsp3) is 0.170. The van der Waals surface area contributed by atoms with Crippen LogP contribution in [0, 0.1) is 29.1 Å². The van der Waals surface area contributed by atoms with Crippen LogP contribution in [0.1, 0.15) is 76.0 Å². The lowest BCUT2D eigenvalue weighted by molar-refractivity contribution is 0.292. The Labute approximate surface area is 387 Å². The SMILES string of the molecule is CC(C)c1cc(C(C)C)c(-c2cccc3c2OP(=O)(O)Oc2c-3cc3ccccc3c2-c2c3c(cc4ccccc24)-c2cccc(-c4c(F)c(F)c(F)c(F)c4F)c2OP(=O)(O)O3)c(C(C)C)c1. The van der Waals surface area contributed by atoms with Gasteiger partial charge in [0, 0.05) is 44.5 Å². The van der Waals surface area contributed by atoms with Crippen LogP contribution in [0.25, 0.3) is 77.2 Å². The summed E-state index contributed by atoms with van der Waals surface area (Å²) in [6.07, 6.45) is 0. The Morgan fingerprint density at radius 2 is 0.765 bits per heavy atom. The molecule has 0 saturated heterocycles. The summed E-state index contributed by atoms with van der Waals surface area (Å²) in [7, 11) is -10.6. The number of halogens is 5. The average molecular weight is 963 g/mol. The molecule has 346 valence electrons. The van der Waals surface area contributed by atoms with Gasteiger partial charge < -0.3 is 18.1 Å². The molecule has 0 bridgehead atoms. The van der Waals surface area contributed by atoms with Gasteiger partial charge in [-0.05, 0) is 73.7 Å². The van der Waals surface area contributed by atoms with Crippen LogP contribution < -0.4 is 18.1 Å². The summed E-state index contributed by atoms with van der Waals surface area (Å²) >= 11 is 0. The van der Waals surface area contributed by atoms with E-state index in [4.69, 9.17) is 18.1 Å². The van der Waals surface area contributed by atoms with Crippen LogP contribution in [0.3, 0.4) is 0 Å². The number of hydrogen-bond donors (Lipinski definition) is 2. The highest BCUT2D eigenvalue weighted by molar-refractivity contribution is 7.48. The Kier molecular flexibility index (Phi) is 10.9. The maximum Gasteiger partial charge on any atom is 0.584 e. The molecule has 0 fully saturated rings. The van der Waals surface area contributed by atoms with E-state index in [2.05, 4.69) is 53.7 Å². The van der Waals surface area contributed by atoms with Crippen molar-refractivity contribution in [3.8, 4) is 78.6 Å². The Balaban J connectivity index is 1.32. The first-order valence-electron chi connectivity index (χ1n) is 21.8. The molecule has 8 aromatic rings. The molecule has 0 aliphatic carbocycles. The average Bonchev–Trinajstić information content (AvgIpc) is 3.49. The lowest BCUT2D eigenvalue weighted by Gasteiger charge is -2.25. The Hall–Kier alpha value is -6.49. The molecule has 15 heteroatoms. The van der Waals surface area contributed by atoms with E-state index in [1.54, 1.807) is 60.7 Å². The van der Waals surface area contributed by atoms with Gasteiger partial charge in [-0.15, -0.1) is 0 Å². The van der Waals surface area contributed by atoms with Crippen molar-refractivity contribution in [1.82, 2.24) is 0 Å². The summed E-state index contributed by atoms with van der Waals surface area (Å²) in [6, 6.07) is 30.7. The molecule has 2 aliphatic heterocycles. The number of benzene rings is 8. The van der Waals surface area contributed by atoms with Gasteiger partial charge in [0.2, 0.25) is 5.82 Å². The van der Waals surface area contributed by atoms with E-state index in [9.17, 15) is 32.1 Å². The van der Waals surface area contributed by atoms with Gasteiger partial charge in [0.15, 0.2) is 23.3 Å². The Morgan fingerprint density at radius 3 is 1.18 bits per heavy atom. The van der Waals surface area contributed by atoms with Gasteiger partial charge in [-0.25, -0.2) is 31.1 Å². The topological polar surface area (TPSA) is 112 Å². The predicted octanol–water partition coefficient (Wildman–Crippen LogP) is 16.1. The van der Waals surface area contributed by atoms with Crippen molar-refractivity contribution in [1.29, 1.82) is 0 Å². The summed E-state index contributed by atoms with van der Waals surface area (Å²) < 4.78 is 128. The van der Waals surface area contributed by atoms with Crippen molar-refractivity contribution < 1.29 is 59.0 Å². The largest absolute Gasteiger partial charge is 0.584 e. The van der Waals surface area contributed by atoms with Crippen LogP contribution in [-0.4, -0.2) is 9.79 Å². The maximum atomic E-state index is 15.5. The fourth-order valence-corrected chi connectivity index (χ4v) is 11.2. The molecule has 0 aromatic heterocycles. The van der Waals surface area contributed by atoms with Crippen molar-refractivity contribution >= 4 is 37.2 Å². The lowest BCUT2D eigenvalue weighted by atomic mass is 9.80. The summed E-state index contributed by atoms with van der Waals surface area (Å²) in [4.78, 5) is 23.5. The van der Waals surface area contributed by atoms with Gasteiger partial charge in [0.1, 0.15) is 23.0 Å². The second-order valence-corrected chi connectivity index (χ2v) is 20.5. The third-order valence-electron chi connectivity index (χ3n) is 12.6. The molecule has 8 aromatic carbocycles. The fourth-order valence-electron chi connectivity index (χ4n) is 9.44. The zero-order chi connectivity index (χ0) is 48.3. The minimum atomic E-state index is -5.46. The second-order valence-electron chi connectivity index (χ2n) is 17.8. The quantitative estimate of drug-likeness (QED) is 0.0734. The Morgan fingerprint density at radius 1 is 0.397 bits per heavy atom. The molecule has 8 nitrogen and oxygen atoms in total. The zero-order valence-corrected chi connectivity index (χ0v) is 39.0. The summed E-state index contributed by atoms with van der Waals surface area (Å²) in [5.41, 5.74) is 3.28. The Bertz CT molecular complexity index is 3510. The van der Waals surface area contributed by atoms with Crippen molar-refractivity contribution in [3.63, 3.8) is 0 Å². The van der Waals surface area contributed by atoms with Crippen LogP contribution in [0.2, 0.25) is 0 Å². The van der Waals surface area contributed by atoms with Crippen molar-refractivity contribution in [2.45, 2.75) is 59.3 Å². The van der Waals surface area contributed by atoms with Gasteiger partial charge in [0.05, 0.1) is 5.56 Å². The monoisotopic (exact) mass is 962 g/mol. The third kappa shape index (κ3) is 7.26. The first kappa shape index (κ1) is 45.3. The van der Waals surface area contributed by atoms with Gasteiger partial charge in [-0.1, -0.05) is 139 Å². The molecule has 0 radical (unpaired) electrons. The molecule has 2 unspecified atom stereocenters. The van der Waals surface area contributed by atoms with Crippen LogP contribution in [0.15, 0.2) is 109 Å². The normalized spacial score (nSPS) is 17.4. The smallest absolute Gasteiger partial charge is 0.394 e. The molecule has 0 saturated carbocycles. The van der Waals surface area contributed by atoms with Gasteiger partial charge in [-0.2, -0.15) is 0 Å². The molecular formula is C53H41F5O8P2. The van der Waals surface area contributed by atoms with Crippen LogP contribution >= 0.6 is 15.6 Å². The van der Waals surface area contributed by atoms with E-state index in [1.807, 2.05) is 18.2 Å². The first-order valence-corrected chi connectivity index (χ1v) is 24.8. The molecule has 0 spiro atoms. The van der Waals surface area contributed by atoms with Gasteiger partial charge in [0.25, 0.3) is 0 Å². The maximum absolute atomic E-state index is 15.5. The predicted molar refractivity (Wildman–Crippen MR) is 253 cm³/mol. The third-order valence-corrected chi connectivity index (χ3v) is 14.2. The molecule has 2 aliphatic rings. The minimum absolute atomic E-state index is 0.0000975. The molecule has 10 rings (SSSR count). The standard InChI is InChI=1S/C53H41F5O8P2/c1-25(2)30-23-37(26(3)4)41(38(24-30)27(5)6)35-19-11-17-33-39-21-28-13-7-9-15-31(28)42(52(39)65-67(59,60)63-50(33)35)43-32-16-10-8-14-29(32)22-40-34-18-12-20-36(51(34)64-68(61,62)66-53(40)43)44-45(54)47(56)49(58)48(57)46(44)55/h7-27H,1-6H3,(H,59,60)(H,61,62). The number of hydrogen-bond acceptors (Lipinski definition) is 6. The highest BCUT2D eigenvalue weighted by atomic mass is 31.2. The van der Waals surface area contributed by atoms with E-state index in [0.717, 1.165) is 28.3 Å². The van der Waals surface area contributed by atoms with Crippen molar-refractivity contribution in [3.05, 3.63) is 155 Å². The van der Waals surface area contributed by atoms with Crippen molar-refractivity contribution in [2.24, 2.45) is 0 Å². The highest BCUT2D eigenvalue weighted by Crippen LogP contribution is 2.65. The first-order chi connectivity index (χ1) is 32.3. The molecule has 2 heterocycles. The van der Waals surface area contributed by atoms with Gasteiger partial charge in [-0.3, -0.25) is 9.79 Å². The molecule has 2 atom stereocenters. The summed E-state index contributed by atoms with van der Waals surface area (Å²) in [6.45, 7) is 12.6. The molecule has 2 N–H and O–H groups in total. The van der Waals surface area contributed by atoms with Crippen LogP contribution in [0.5, 0.6) is 23.0 Å². The molecule has 0 amide bonds. The number of phosphoric acid groups is 2. The number of rotatable bonds is 6. The molecular weight excluding hydrogens is 922 g/mol. The zero-order valence-electron chi connectivity index (χ0n) is 37.3. The minimum Gasteiger partial charge on any atom is -0.394 e. The number of fused-ring (bicyclic) bond motifs is 8. The second kappa shape index (κ2) is 16.3. The van der Waals surface area contributed by atoms with Crippen molar-refractivity contribution in [2.75, 3.05) is 0 Å². The van der Waals surface area contributed by atoms with E-state index >= 15 is 8.78 Å². The van der Waals surface area contributed by atoms with Crippen LogP contribution in [0.4, 0.5) is 22.0 Å². The van der Waals surface area contributed by atoms with E-state index < -0.39 is 61.6 Å².